The Morgan fingerprint density at radius 1 is 1.45 bits per heavy atom. The first-order valence-corrected chi connectivity index (χ1v) is 8.07. The number of hydrogen-bond donors (Lipinski definition) is 1. The van der Waals surface area contributed by atoms with Crippen molar-refractivity contribution in [3.05, 3.63) is 45.6 Å². The fourth-order valence-corrected chi connectivity index (χ4v) is 3.02. The van der Waals surface area contributed by atoms with E-state index < -0.39 is 0 Å². The van der Waals surface area contributed by atoms with E-state index in [4.69, 9.17) is 0 Å². The molecule has 0 bridgehead atoms. The molecule has 0 aliphatic rings. The molecule has 0 radical (unpaired) electrons. The highest BCUT2D eigenvalue weighted by atomic mass is 32.1. The third-order valence-electron chi connectivity index (χ3n) is 3.29. The second kappa shape index (κ2) is 6.37. The summed E-state index contributed by atoms with van der Waals surface area (Å²) < 4.78 is 3.25. The maximum atomic E-state index is 12.1. The molecule has 8 heteroatoms. The maximum absolute atomic E-state index is 12.1. The molecular weight excluding hydrogens is 300 g/mol. The Balaban J connectivity index is 1.69. The van der Waals surface area contributed by atoms with Gasteiger partial charge in [-0.05, 0) is 19.4 Å². The molecular formula is C14H18N6OS. The molecule has 0 aliphatic carbocycles. The van der Waals surface area contributed by atoms with Gasteiger partial charge in [-0.2, -0.15) is 14.7 Å². The fourth-order valence-electron chi connectivity index (χ4n) is 2.16. The molecule has 0 aromatic carbocycles. The van der Waals surface area contributed by atoms with E-state index in [1.54, 1.807) is 12.3 Å². The second-order valence-corrected chi connectivity index (χ2v) is 6.18. The van der Waals surface area contributed by atoms with Crippen molar-refractivity contribution in [2.45, 2.75) is 39.4 Å². The van der Waals surface area contributed by atoms with Gasteiger partial charge in [0.05, 0.1) is 12.2 Å². The Hall–Kier alpha value is -2.06. The maximum Gasteiger partial charge on any atom is 0.275 e. The second-order valence-electron chi connectivity index (χ2n) is 5.14. The molecule has 0 amide bonds. The Morgan fingerprint density at radius 2 is 2.32 bits per heavy atom. The first-order chi connectivity index (χ1) is 10.7. The SMILES string of the molecule is CCc1nn2c(=O)cc(CNC(C)Cn3cccn3)nc2s1. The molecule has 0 saturated heterocycles. The summed E-state index contributed by atoms with van der Waals surface area (Å²) in [6.45, 7) is 5.42. The number of hydrogen-bond acceptors (Lipinski definition) is 6. The van der Waals surface area contributed by atoms with E-state index in [0.29, 0.717) is 11.5 Å². The lowest BCUT2D eigenvalue weighted by atomic mass is 10.3. The Kier molecular flexibility index (Phi) is 4.30. The van der Waals surface area contributed by atoms with Gasteiger partial charge >= 0.3 is 0 Å². The predicted octanol–water partition coefficient (Wildman–Crippen LogP) is 1.09. The van der Waals surface area contributed by atoms with Gasteiger partial charge in [-0.15, -0.1) is 0 Å². The number of fused-ring (bicyclic) bond motifs is 1. The minimum atomic E-state index is -0.127. The molecule has 1 atom stereocenters. The summed E-state index contributed by atoms with van der Waals surface area (Å²) in [7, 11) is 0. The predicted molar refractivity (Wildman–Crippen MR) is 85.0 cm³/mol. The first-order valence-electron chi connectivity index (χ1n) is 7.25. The highest BCUT2D eigenvalue weighted by Gasteiger charge is 2.09. The van der Waals surface area contributed by atoms with Crippen LogP contribution in [0.25, 0.3) is 4.96 Å². The van der Waals surface area contributed by atoms with Crippen molar-refractivity contribution in [3.63, 3.8) is 0 Å². The van der Waals surface area contributed by atoms with Gasteiger partial charge in [-0.1, -0.05) is 18.3 Å². The quantitative estimate of drug-likeness (QED) is 0.736. The van der Waals surface area contributed by atoms with Crippen LogP contribution in [0.2, 0.25) is 0 Å². The summed E-state index contributed by atoms with van der Waals surface area (Å²) >= 11 is 1.46. The normalized spacial score (nSPS) is 12.8. The van der Waals surface area contributed by atoms with Crippen LogP contribution in [0.15, 0.2) is 29.3 Å². The Labute approximate surface area is 131 Å². The molecule has 116 valence electrons. The topological polar surface area (TPSA) is 77.1 Å². The lowest BCUT2D eigenvalue weighted by molar-refractivity contribution is 0.448. The molecule has 0 fully saturated rings. The average molecular weight is 318 g/mol. The van der Waals surface area contributed by atoms with Crippen molar-refractivity contribution >= 4 is 16.3 Å². The lowest BCUT2D eigenvalue weighted by Crippen LogP contribution is -2.31. The van der Waals surface area contributed by atoms with E-state index in [0.717, 1.165) is 23.7 Å². The van der Waals surface area contributed by atoms with Crippen LogP contribution in [0.4, 0.5) is 0 Å². The van der Waals surface area contributed by atoms with Crippen molar-refractivity contribution in [1.82, 2.24) is 29.7 Å². The summed E-state index contributed by atoms with van der Waals surface area (Å²) in [5, 5.41) is 12.7. The zero-order valence-electron chi connectivity index (χ0n) is 12.6. The van der Waals surface area contributed by atoms with Crippen LogP contribution in [0.1, 0.15) is 24.5 Å². The molecule has 0 saturated carbocycles. The summed E-state index contributed by atoms with van der Waals surface area (Å²) in [6, 6.07) is 3.67. The monoisotopic (exact) mass is 318 g/mol. The van der Waals surface area contributed by atoms with Crippen molar-refractivity contribution < 1.29 is 0 Å². The average Bonchev–Trinajstić information content (AvgIpc) is 3.14. The van der Waals surface area contributed by atoms with Crippen molar-refractivity contribution in [3.8, 4) is 0 Å². The van der Waals surface area contributed by atoms with Crippen LogP contribution in [-0.2, 0) is 19.5 Å². The number of rotatable bonds is 6. The number of aromatic nitrogens is 5. The molecule has 1 N–H and O–H groups in total. The summed E-state index contributed by atoms with van der Waals surface area (Å²) in [6.07, 6.45) is 4.50. The summed E-state index contributed by atoms with van der Waals surface area (Å²) in [4.78, 5) is 17.2. The Morgan fingerprint density at radius 3 is 3.05 bits per heavy atom. The molecule has 7 nitrogen and oxygen atoms in total. The summed E-state index contributed by atoms with van der Waals surface area (Å²) in [5.41, 5.74) is 0.612. The summed E-state index contributed by atoms with van der Waals surface area (Å²) in [5.74, 6) is 0. The van der Waals surface area contributed by atoms with Gasteiger partial charge in [-0.25, -0.2) is 4.98 Å². The number of aryl methyl sites for hydroxylation is 1. The third kappa shape index (κ3) is 3.23. The number of nitrogens with zero attached hydrogens (tertiary/aromatic N) is 5. The fraction of sp³-hybridized carbons (Fsp3) is 0.429. The smallest absolute Gasteiger partial charge is 0.275 e. The number of nitrogens with one attached hydrogen (secondary N) is 1. The highest BCUT2D eigenvalue weighted by molar-refractivity contribution is 7.16. The van der Waals surface area contributed by atoms with Gasteiger partial charge < -0.3 is 5.32 Å². The van der Waals surface area contributed by atoms with E-state index in [9.17, 15) is 4.79 Å². The van der Waals surface area contributed by atoms with E-state index in [1.807, 2.05) is 23.9 Å². The van der Waals surface area contributed by atoms with Gasteiger partial charge in [0.2, 0.25) is 4.96 Å². The van der Waals surface area contributed by atoms with Gasteiger partial charge in [0, 0.05) is 31.0 Å². The largest absolute Gasteiger partial charge is 0.307 e. The molecule has 3 heterocycles. The van der Waals surface area contributed by atoms with Gasteiger partial charge in [-0.3, -0.25) is 9.48 Å². The van der Waals surface area contributed by atoms with Crippen molar-refractivity contribution in [2.24, 2.45) is 0 Å². The molecule has 3 rings (SSSR count). The van der Waals surface area contributed by atoms with Crippen LogP contribution in [-0.4, -0.2) is 30.4 Å². The lowest BCUT2D eigenvalue weighted by Gasteiger charge is -2.13. The zero-order valence-corrected chi connectivity index (χ0v) is 13.4. The Bertz CT molecular complexity index is 806. The molecule has 1 unspecified atom stereocenters. The standard InChI is InChI=1S/C14H18N6OS/c1-3-12-18-20-13(21)7-11(17-14(20)22-12)8-15-10(2)9-19-6-4-5-16-19/h4-7,10,15H,3,8-9H2,1-2H3. The molecule has 0 spiro atoms. The van der Waals surface area contributed by atoms with Crippen LogP contribution >= 0.6 is 11.3 Å². The minimum absolute atomic E-state index is 0.127. The molecule has 3 aromatic rings. The van der Waals surface area contributed by atoms with E-state index in [1.165, 1.54) is 15.9 Å². The third-order valence-corrected chi connectivity index (χ3v) is 4.35. The van der Waals surface area contributed by atoms with Gasteiger partial charge in [0.25, 0.3) is 5.56 Å². The van der Waals surface area contributed by atoms with E-state index >= 15 is 0 Å². The van der Waals surface area contributed by atoms with E-state index in [2.05, 4.69) is 27.4 Å². The highest BCUT2D eigenvalue weighted by Crippen LogP contribution is 2.11. The van der Waals surface area contributed by atoms with Crippen LogP contribution in [0, 0.1) is 0 Å². The van der Waals surface area contributed by atoms with Gasteiger partial charge in [0.15, 0.2) is 0 Å². The van der Waals surface area contributed by atoms with Gasteiger partial charge in [0.1, 0.15) is 5.01 Å². The van der Waals surface area contributed by atoms with Crippen molar-refractivity contribution in [2.75, 3.05) is 0 Å². The molecule has 22 heavy (non-hydrogen) atoms. The van der Waals surface area contributed by atoms with E-state index in [-0.39, 0.29) is 11.6 Å². The van der Waals surface area contributed by atoms with Crippen LogP contribution in [0.5, 0.6) is 0 Å². The minimum Gasteiger partial charge on any atom is -0.307 e. The van der Waals surface area contributed by atoms with Crippen LogP contribution in [0.3, 0.4) is 0 Å². The molecule has 3 aromatic heterocycles. The van der Waals surface area contributed by atoms with Crippen molar-refractivity contribution in [1.29, 1.82) is 0 Å². The molecule has 0 aliphatic heterocycles. The zero-order chi connectivity index (χ0) is 15.5. The first kappa shape index (κ1) is 14.9. The van der Waals surface area contributed by atoms with Crippen LogP contribution < -0.4 is 10.9 Å².